The van der Waals surface area contributed by atoms with Crippen molar-refractivity contribution < 1.29 is 64.2 Å². The Hall–Kier alpha value is -4.24. The van der Waals surface area contributed by atoms with Gasteiger partial charge in [0.25, 0.3) is 0 Å². The van der Waals surface area contributed by atoms with Gasteiger partial charge in [-0.15, -0.1) is 24.4 Å². The lowest BCUT2D eigenvalue weighted by molar-refractivity contribution is -0.0570. The molecule has 5 aromatic carbocycles. The molecule has 0 aromatic heterocycles. The van der Waals surface area contributed by atoms with Crippen molar-refractivity contribution in [3.8, 4) is 17.2 Å². The van der Waals surface area contributed by atoms with Gasteiger partial charge >= 0.3 is 27.6 Å². The van der Waals surface area contributed by atoms with E-state index in [2.05, 4.69) is 79.9 Å². The van der Waals surface area contributed by atoms with Crippen molar-refractivity contribution >= 4 is 78.3 Å². The molecule has 19 heteroatoms. The molecule has 0 aliphatic carbocycles. The first-order valence-electron chi connectivity index (χ1n) is 23.9. The Morgan fingerprint density at radius 3 is 1.38 bits per heavy atom. The number of rotatable bonds is 23. The molecule has 5 aromatic rings. The summed E-state index contributed by atoms with van der Waals surface area (Å²) in [5.41, 5.74) is -0.644. The number of thiol groups is 1. The van der Waals surface area contributed by atoms with E-state index in [0.29, 0.717) is 48.2 Å². The normalized spacial score (nSPS) is 12.2. The van der Waals surface area contributed by atoms with E-state index < -0.39 is 21.7 Å². The molecule has 0 heterocycles. The van der Waals surface area contributed by atoms with Crippen LogP contribution in [-0.4, -0.2) is 83.0 Å². The van der Waals surface area contributed by atoms with Crippen LogP contribution in [0.3, 0.4) is 0 Å². The lowest BCUT2D eigenvalue weighted by Gasteiger charge is -2.14. The molecule has 5 rings (SSSR count). The average molecular weight is 1220 g/mol. The minimum absolute atomic E-state index is 0.187. The van der Waals surface area contributed by atoms with Crippen LogP contribution in [0.4, 0.5) is 13.2 Å². The maximum absolute atomic E-state index is 12.1. The van der Waals surface area contributed by atoms with E-state index in [0.717, 1.165) is 74.3 Å². The molecule has 1 N–H and O–H groups in total. The van der Waals surface area contributed by atoms with Gasteiger partial charge < -0.3 is 28.8 Å². The van der Waals surface area contributed by atoms with Crippen LogP contribution >= 0.6 is 56.3 Å². The Morgan fingerprint density at radius 1 is 0.622 bits per heavy atom. The standard InChI is InChI=1S/C21H25BrO3S.C13H17F3O4S.C12H18O2.C9H9BrO2S/c1-4-25-21(23)17-10-13-20(19(22)14-17)26-15(2)6-5-7-16-8-11-18(24-3)12-9-16;1-10(20-21(17,18)13(14,15)16)4-3-5-11-6-8-12(19-2)9-7-11;1-10(13)4-3-5-11-6-8-12(14-2)9-7-11;1-2-12-9(11)6-3-4-8(13)7(10)5-6/h8-15H,4-7H2,1-3H3;6-10H,3-5H2,1-2H3;6-10,13H,3-5H2,1-2H3;3-5,13H,2H2,1H3/t15-;2*10-;/m110./s1. The van der Waals surface area contributed by atoms with Crippen molar-refractivity contribution in [2.45, 2.75) is 125 Å². The van der Waals surface area contributed by atoms with Crippen LogP contribution in [0, 0.1) is 0 Å². The molecule has 0 aliphatic heterocycles. The van der Waals surface area contributed by atoms with Gasteiger partial charge in [-0.2, -0.15) is 21.6 Å². The van der Waals surface area contributed by atoms with Gasteiger partial charge in [0.05, 0.1) is 57.9 Å². The fourth-order valence-corrected chi connectivity index (χ4v) is 9.40. The van der Waals surface area contributed by atoms with Gasteiger partial charge in [0.2, 0.25) is 0 Å². The summed E-state index contributed by atoms with van der Waals surface area (Å²) in [6, 6.07) is 34.4. The van der Waals surface area contributed by atoms with Gasteiger partial charge in [0.15, 0.2) is 0 Å². The van der Waals surface area contributed by atoms with Gasteiger partial charge in [0, 0.05) is 24.0 Å². The Morgan fingerprint density at radius 2 is 1.01 bits per heavy atom. The highest BCUT2D eigenvalue weighted by Gasteiger charge is 2.48. The van der Waals surface area contributed by atoms with Gasteiger partial charge in [-0.05, 0) is 207 Å². The zero-order valence-electron chi connectivity index (χ0n) is 43.1. The molecular formula is C55H69Br2F3O11S3. The summed E-state index contributed by atoms with van der Waals surface area (Å²) in [6.45, 7) is 9.73. The van der Waals surface area contributed by atoms with Crippen LogP contribution in [-0.2, 0) is 43.0 Å². The number of thioether (sulfide) groups is 1. The minimum Gasteiger partial charge on any atom is -0.497 e. The Kier molecular flexibility index (Phi) is 31.3. The lowest BCUT2D eigenvalue weighted by Crippen LogP contribution is -2.29. The SMILES string of the molecule is CCOC(=O)c1ccc(S)c(Br)c1.CCOC(=O)c1ccc(S[C@H](C)CCCc2ccc(OC)cc2)c(Br)c1.COc1ccc(CCC[C@@H](C)OS(=O)(=O)C(F)(F)F)cc1.COc1ccc(CCC[C@H](C)O)cc1. The van der Waals surface area contributed by atoms with Gasteiger partial charge in [-0.1, -0.05) is 43.3 Å². The lowest BCUT2D eigenvalue weighted by atomic mass is 10.1. The van der Waals surface area contributed by atoms with Crippen LogP contribution in [0.15, 0.2) is 128 Å². The molecule has 11 nitrogen and oxygen atoms in total. The number of carbonyl (C=O) groups is 2. The number of aliphatic hydroxyl groups is 1. The number of hydrogen-bond acceptors (Lipinski definition) is 13. The van der Waals surface area contributed by atoms with Crippen molar-refractivity contribution in [1.82, 2.24) is 0 Å². The highest BCUT2D eigenvalue weighted by molar-refractivity contribution is 9.10. The number of aryl methyl sites for hydroxylation is 3. The smallest absolute Gasteiger partial charge is 0.497 e. The zero-order chi connectivity index (χ0) is 55.3. The molecule has 74 heavy (non-hydrogen) atoms. The van der Waals surface area contributed by atoms with E-state index in [1.54, 1.807) is 58.6 Å². The second kappa shape index (κ2) is 35.2. The third-order valence-corrected chi connectivity index (χ3v) is 15.2. The second-order valence-corrected chi connectivity index (χ2v) is 21.8. The summed E-state index contributed by atoms with van der Waals surface area (Å²) in [6.07, 6.45) is 6.39. The molecule has 0 fully saturated rings. The molecule has 0 saturated heterocycles. The topological polar surface area (TPSA) is 144 Å². The van der Waals surface area contributed by atoms with E-state index in [4.69, 9.17) is 28.8 Å². The number of hydrogen-bond donors (Lipinski definition) is 2. The first-order valence-corrected chi connectivity index (χ1v) is 28.2. The van der Waals surface area contributed by atoms with E-state index in [-0.39, 0.29) is 24.5 Å². The number of benzene rings is 5. The first kappa shape index (κ1) is 65.9. The average Bonchev–Trinajstić information content (AvgIpc) is 3.36. The molecule has 0 radical (unpaired) electrons. The Bertz CT molecular complexity index is 2510. The van der Waals surface area contributed by atoms with Gasteiger partial charge in [-0.25, -0.2) is 9.59 Å². The van der Waals surface area contributed by atoms with Crippen molar-refractivity contribution in [2.24, 2.45) is 0 Å². The van der Waals surface area contributed by atoms with Crippen LogP contribution in [0.1, 0.15) is 111 Å². The highest BCUT2D eigenvalue weighted by Crippen LogP contribution is 2.34. The maximum Gasteiger partial charge on any atom is 0.523 e. The predicted octanol–water partition coefficient (Wildman–Crippen LogP) is 14.7. The predicted molar refractivity (Wildman–Crippen MR) is 298 cm³/mol. The third-order valence-electron chi connectivity index (χ3n) is 10.5. The maximum atomic E-state index is 12.1. The van der Waals surface area contributed by atoms with E-state index in [1.165, 1.54) is 18.1 Å². The molecular weight excluding hydrogens is 1150 g/mol. The number of carbonyl (C=O) groups excluding carboxylic acids is 2. The van der Waals surface area contributed by atoms with E-state index in [1.807, 2.05) is 80.2 Å². The number of aliphatic hydroxyl groups excluding tert-OH is 1. The van der Waals surface area contributed by atoms with Crippen molar-refractivity contribution in [1.29, 1.82) is 0 Å². The van der Waals surface area contributed by atoms with Crippen LogP contribution in [0.25, 0.3) is 0 Å². The zero-order valence-corrected chi connectivity index (χ0v) is 48.8. The third kappa shape index (κ3) is 26.0. The fourth-order valence-electron chi connectivity index (χ4n) is 6.55. The minimum atomic E-state index is -5.52. The molecule has 0 unspecified atom stereocenters. The van der Waals surface area contributed by atoms with Crippen LogP contribution < -0.4 is 14.2 Å². The largest absolute Gasteiger partial charge is 0.523 e. The van der Waals surface area contributed by atoms with E-state index in [9.17, 15) is 31.2 Å². The van der Waals surface area contributed by atoms with Crippen LogP contribution in [0.2, 0.25) is 0 Å². The Labute approximate surface area is 462 Å². The molecule has 0 bridgehead atoms. The number of esters is 2. The molecule has 0 amide bonds. The summed E-state index contributed by atoms with van der Waals surface area (Å²) in [5, 5.41) is 9.59. The summed E-state index contributed by atoms with van der Waals surface area (Å²) < 4.78 is 89.0. The van der Waals surface area contributed by atoms with Gasteiger partial charge in [-0.3, -0.25) is 4.18 Å². The number of methoxy groups -OCH3 is 3. The van der Waals surface area contributed by atoms with Crippen molar-refractivity contribution in [3.05, 3.63) is 146 Å². The van der Waals surface area contributed by atoms with Crippen molar-refractivity contribution in [3.63, 3.8) is 0 Å². The van der Waals surface area contributed by atoms with Gasteiger partial charge in [0.1, 0.15) is 17.2 Å². The second-order valence-electron chi connectivity index (χ2n) is 16.6. The number of ether oxygens (including phenoxy) is 5. The number of halogens is 5. The molecule has 408 valence electrons. The molecule has 3 atom stereocenters. The van der Waals surface area contributed by atoms with Crippen molar-refractivity contribution in [2.75, 3.05) is 34.5 Å². The monoisotopic (exact) mass is 1220 g/mol. The Balaban J connectivity index is 0.000000351. The first-order chi connectivity index (χ1) is 35.0. The highest BCUT2D eigenvalue weighted by atomic mass is 79.9. The number of alkyl halides is 3. The molecule has 0 aliphatic rings. The fraction of sp³-hybridized carbons (Fsp3) is 0.418. The summed E-state index contributed by atoms with van der Waals surface area (Å²) in [5.74, 6) is 1.92. The quantitative estimate of drug-likeness (QED) is 0.0211. The summed E-state index contributed by atoms with van der Waals surface area (Å²) in [7, 11) is -0.612. The summed E-state index contributed by atoms with van der Waals surface area (Å²) in [4.78, 5) is 25.0. The summed E-state index contributed by atoms with van der Waals surface area (Å²) >= 11 is 12.8. The van der Waals surface area contributed by atoms with Crippen LogP contribution in [0.5, 0.6) is 17.2 Å². The van der Waals surface area contributed by atoms with E-state index >= 15 is 0 Å². The molecule has 0 spiro atoms. The molecule has 0 saturated carbocycles.